The standard InChI is InChI=1S/C12H23N3O3S/c1-10-4-8-15(9-5-10)19(17,18)14-7-6-13-12(16)11-2-3-11/h10-11,14H,2-9H2,1H3,(H,13,16). The molecule has 2 aliphatic rings. The van der Waals surface area contributed by atoms with Crippen molar-refractivity contribution in [3.05, 3.63) is 0 Å². The second kappa shape index (κ2) is 6.19. The number of nitrogens with one attached hydrogen (secondary N) is 2. The van der Waals surface area contributed by atoms with E-state index in [1.54, 1.807) is 0 Å². The number of rotatable bonds is 6. The van der Waals surface area contributed by atoms with Gasteiger partial charge in [0.15, 0.2) is 0 Å². The van der Waals surface area contributed by atoms with Gasteiger partial charge in [-0.15, -0.1) is 0 Å². The van der Waals surface area contributed by atoms with Crippen LogP contribution in [0.5, 0.6) is 0 Å². The van der Waals surface area contributed by atoms with E-state index in [4.69, 9.17) is 0 Å². The Hall–Kier alpha value is -0.660. The normalized spacial score (nSPS) is 22.4. The first-order valence-corrected chi connectivity index (χ1v) is 8.45. The lowest BCUT2D eigenvalue weighted by Gasteiger charge is -2.29. The van der Waals surface area contributed by atoms with Gasteiger partial charge in [0.25, 0.3) is 10.2 Å². The zero-order valence-electron chi connectivity index (χ0n) is 11.4. The number of nitrogens with zero attached hydrogens (tertiary/aromatic N) is 1. The van der Waals surface area contributed by atoms with Crippen LogP contribution in [0.25, 0.3) is 0 Å². The van der Waals surface area contributed by atoms with Crippen LogP contribution in [0.4, 0.5) is 0 Å². The van der Waals surface area contributed by atoms with Crippen LogP contribution in [0.2, 0.25) is 0 Å². The Bertz CT molecular complexity index is 412. The lowest BCUT2D eigenvalue weighted by molar-refractivity contribution is -0.122. The van der Waals surface area contributed by atoms with Gasteiger partial charge in [0.2, 0.25) is 5.91 Å². The predicted octanol–water partition coefficient (Wildman–Crippen LogP) is 0.0789. The van der Waals surface area contributed by atoms with Gasteiger partial charge in [-0.2, -0.15) is 12.7 Å². The van der Waals surface area contributed by atoms with Gasteiger partial charge < -0.3 is 5.32 Å². The molecular weight excluding hydrogens is 266 g/mol. The monoisotopic (exact) mass is 289 g/mol. The topological polar surface area (TPSA) is 78.5 Å². The molecule has 0 aromatic carbocycles. The van der Waals surface area contributed by atoms with Crippen molar-refractivity contribution >= 4 is 16.1 Å². The van der Waals surface area contributed by atoms with Crippen LogP contribution in [0, 0.1) is 11.8 Å². The molecular formula is C12H23N3O3S. The Labute approximate surface area is 115 Å². The summed E-state index contributed by atoms with van der Waals surface area (Å²) < 4.78 is 28.0. The molecule has 1 aliphatic heterocycles. The fraction of sp³-hybridized carbons (Fsp3) is 0.917. The molecule has 2 rings (SSSR count). The fourth-order valence-electron chi connectivity index (χ4n) is 2.17. The fourth-order valence-corrected chi connectivity index (χ4v) is 3.41. The van der Waals surface area contributed by atoms with Crippen molar-refractivity contribution in [1.82, 2.24) is 14.3 Å². The molecule has 110 valence electrons. The molecule has 0 aromatic heterocycles. The van der Waals surface area contributed by atoms with Crippen LogP contribution < -0.4 is 10.0 Å². The minimum absolute atomic E-state index is 0.0472. The van der Waals surface area contributed by atoms with Gasteiger partial charge in [-0.3, -0.25) is 4.79 Å². The highest BCUT2D eigenvalue weighted by Gasteiger charge is 2.29. The Morgan fingerprint density at radius 2 is 1.79 bits per heavy atom. The van der Waals surface area contributed by atoms with E-state index in [1.807, 2.05) is 0 Å². The molecule has 0 unspecified atom stereocenters. The van der Waals surface area contributed by atoms with Crippen molar-refractivity contribution in [1.29, 1.82) is 0 Å². The van der Waals surface area contributed by atoms with E-state index in [0.29, 0.717) is 25.6 Å². The predicted molar refractivity (Wildman–Crippen MR) is 72.6 cm³/mol. The molecule has 0 radical (unpaired) electrons. The second-order valence-corrected chi connectivity index (χ2v) is 7.30. The third-order valence-corrected chi connectivity index (χ3v) is 5.35. The first-order chi connectivity index (χ1) is 8.99. The average Bonchev–Trinajstić information content (AvgIpc) is 3.19. The second-order valence-electron chi connectivity index (χ2n) is 5.55. The van der Waals surface area contributed by atoms with Gasteiger partial charge in [-0.05, 0) is 31.6 Å². The molecule has 0 spiro atoms. The summed E-state index contributed by atoms with van der Waals surface area (Å²) in [6.45, 7) is 3.94. The summed E-state index contributed by atoms with van der Waals surface area (Å²) in [4.78, 5) is 11.4. The lowest BCUT2D eigenvalue weighted by Crippen LogP contribution is -2.46. The van der Waals surface area contributed by atoms with Crippen molar-refractivity contribution in [2.24, 2.45) is 11.8 Å². The maximum absolute atomic E-state index is 12.0. The average molecular weight is 289 g/mol. The summed E-state index contributed by atoms with van der Waals surface area (Å²) in [5.74, 6) is 0.815. The Morgan fingerprint density at radius 1 is 1.16 bits per heavy atom. The van der Waals surface area contributed by atoms with Gasteiger partial charge in [0, 0.05) is 32.1 Å². The minimum Gasteiger partial charge on any atom is -0.355 e. The van der Waals surface area contributed by atoms with E-state index < -0.39 is 10.2 Å². The number of carbonyl (C=O) groups is 1. The van der Waals surface area contributed by atoms with Gasteiger partial charge >= 0.3 is 0 Å². The Morgan fingerprint density at radius 3 is 2.37 bits per heavy atom. The van der Waals surface area contributed by atoms with Crippen LogP contribution >= 0.6 is 0 Å². The van der Waals surface area contributed by atoms with Crippen LogP contribution in [0.15, 0.2) is 0 Å². The summed E-state index contributed by atoms with van der Waals surface area (Å²) >= 11 is 0. The number of carbonyl (C=O) groups excluding carboxylic acids is 1. The van der Waals surface area contributed by atoms with Gasteiger partial charge in [0.1, 0.15) is 0 Å². The number of hydrogen-bond acceptors (Lipinski definition) is 3. The van der Waals surface area contributed by atoms with E-state index in [-0.39, 0.29) is 18.4 Å². The quantitative estimate of drug-likeness (QED) is 0.680. The molecule has 1 heterocycles. The summed E-state index contributed by atoms with van der Waals surface area (Å²) in [5, 5.41) is 2.74. The largest absolute Gasteiger partial charge is 0.355 e. The molecule has 2 fully saturated rings. The SMILES string of the molecule is CC1CCN(S(=O)(=O)NCCNC(=O)C2CC2)CC1. The van der Waals surface area contributed by atoms with Gasteiger partial charge in [-0.25, -0.2) is 4.72 Å². The summed E-state index contributed by atoms with van der Waals surface area (Å²) in [7, 11) is -3.38. The zero-order chi connectivity index (χ0) is 13.9. The van der Waals surface area contributed by atoms with Crippen molar-refractivity contribution in [2.75, 3.05) is 26.2 Å². The molecule has 0 bridgehead atoms. The smallest absolute Gasteiger partial charge is 0.279 e. The molecule has 1 saturated carbocycles. The molecule has 6 nitrogen and oxygen atoms in total. The molecule has 0 aromatic rings. The molecule has 19 heavy (non-hydrogen) atoms. The van der Waals surface area contributed by atoms with Crippen LogP contribution in [-0.4, -0.2) is 44.8 Å². The number of amides is 1. The highest BCUT2D eigenvalue weighted by atomic mass is 32.2. The van der Waals surface area contributed by atoms with Gasteiger partial charge in [0.05, 0.1) is 0 Å². The lowest BCUT2D eigenvalue weighted by atomic mass is 10.0. The van der Waals surface area contributed by atoms with E-state index in [2.05, 4.69) is 17.0 Å². The third kappa shape index (κ3) is 4.43. The Balaban J connectivity index is 1.67. The molecule has 7 heteroatoms. The number of hydrogen-bond donors (Lipinski definition) is 2. The highest BCUT2D eigenvalue weighted by molar-refractivity contribution is 7.87. The van der Waals surface area contributed by atoms with Gasteiger partial charge in [-0.1, -0.05) is 6.92 Å². The minimum atomic E-state index is -3.38. The summed E-state index contributed by atoms with van der Waals surface area (Å²) in [6.07, 6.45) is 3.76. The molecule has 2 N–H and O–H groups in total. The molecule has 1 amide bonds. The van der Waals surface area contributed by atoms with E-state index in [1.165, 1.54) is 4.31 Å². The van der Waals surface area contributed by atoms with Crippen molar-refractivity contribution in [3.63, 3.8) is 0 Å². The van der Waals surface area contributed by atoms with E-state index >= 15 is 0 Å². The summed E-state index contributed by atoms with van der Waals surface area (Å²) in [5.41, 5.74) is 0. The van der Waals surface area contributed by atoms with Crippen molar-refractivity contribution in [3.8, 4) is 0 Å². The van der Waals surface area contributed by atoms with E-state index in [0.717, 1.165) is 25.7 Å². The maximum atomic E-state index is 12.0. The molecule has 1 saturated heterocycles. The third-order valence-electron chi connectivity index (χ3n) is 3.74. The first kappa shape index (κ1) is 14.7. The molecule has 0 atom stereocenters. The Kier molecular flexibility index (Phi) is 4.81. The highest BCUT2D eigenvalue weighted by Crippen LogP contribution is 2.28. The first-order valence-electron chi connectivity index (χ1n) is 7.01. The molecule has 1 aliphatic carbocycles. The van der Waals surface area contributed by atoms with Crippen LogP contribution in [0.1, 0.15) is 32.6 Å². The summed E-state index contributed by atoms with van der Waals surface area (Å²) in [6, 6.07) is 0. The van der Waals surface area contributed by atoms with Crippen molar-refractivity contribution in [2.45, 2.75) is 32.6 Å². The van der Waals surface area contributed by atoms with Crippen LogP contribution in [0.3, 0.4) is 0 Å². The maximum Gasteiger partial charge on any atom is 0.279 e. The van der Waals surface area contributed by atoms with Crippen molar-refractivity contribution < 1.29 is 13.2 Å². The number of piperidine rings is 1. The van der Waals surface area contributed by atoms with E-state index in [9.17, 15) is 13.2 Å². The zero-order valence-corrected chi connectivity index (χ0v) is 12.2. The van der Waals surface area contributed by atoms with Crippen LogP contribution in [-0.2, 0) is 15.0 Å².